The summed E-state index contributed by atoms with van der Waals surface area (Å²) in [6.45, 7) is 3.97. The molecule has 0 heterocycles. The van der Waals surface area contributed by atoms with Gasteiger partial charge in [0.25, 0.3) is 0 Å². The predicted molar refractivity (Wildman–Crippen MR) is 68.7 cm³/mol. The first-order chi connectivity index (χ1) is 7.76. The van der Waals surface area contributed by atoms with Gasteiger partial charge in [-0.2, -0.15) is 0 Å². The number of nitrogens with one attached hydrogen (secondary N) is 1. The summed E-state index contributed by atoms with van der Waals surface area (Å²) in [6, 6.07) is 7.56. The van der Waals surface area contributed by atoms with E-state index in [1.165, 1.54) is 12.8 Å². The molecule has 1 atom stereocenters. The van der Waals surface area contributed by atoms with Gasteiger partial charge in [-0.15, -0.1) is 0 Å². The molecule has 0 bridgehead atoms. The van der Waals surface area contributed by atoms with Crippen LogP contribution < -0.4 is 15.8 Å². The van der Waals surface area contributed by atoms with Crippen LogP contribution in [0, 0.1) is 5.92 Å². The minimum Gasteiger partial charge on any atom is -0.493 e. The van der Waals surface area contributed by atoms with Crippen LogP contribution in [-0.2, 0) is 0 Å². The summed E-state index contributed by atoms with van der Waals surface area (Å²) < 4.78 is 5.73. The maximum absolute atomic E-state index is 5.73. The van der Waals surface area contributed by atoms with Crippen molar-refractivity contribution >= 4 is 5.69 Å². The van der Waals surface area contributed by atoms with Gasteiger partial charge in [0, 0.05) is 18.2 Å². The Labute approximate surface area is 98.0 Å². The summed E-state index contributed by atoms with van der Waals surface area (Å²) >= 11 is 0. The summed E-state index contributed by atoms with van der Waals surface area (Å²) in [5.74, 6) is 1.47. The van der Waals surface area contributed by atoms with Gasteiger partial charge in [-0.25, -0.2) is 0 Å². The molecule has 0 amide bonds. The van der Waals surface area contributed by atoms with Crippen LogP contribution in [0.3, 0.4) is 0 Å². The van der Waals surface area contributed by atoms with Gasteiger partial charge < -0.3 is 15.8 Å². The van der Waals surface area contributed by atoms with Gasteiger partial charge in [-0.1, -0.05) is 13.3 Å². The molecular weight excluding hydrogens is 200 g/mol. The van der Waals surface area contributed by atoms with Crippen LogP contribution in [0.1, 0.15) is 19.8 Å². The summed E-state index contributed by atoms with van der Waals surface area (Å²) in [5, 5.41) is 3.20. The molecule has 0 aliphatic heterocycles. The third kappa shape index (κ3) is 4.53. The Hall–Kier alpha value is -1.22. The molecule has 0 radical (unpaired) electrons. The van der Waals surface area contributed by atoms with E-state index < -0.39 is 0 Å². The van der Waals surface area contributed by atoms with Gasteiger partial charge in [-0.3, -0.25) is 0 Å². The average molecular weight is 222 g/mol. The number of nitrogen functional groups attached to an aromatic ring is 1. The SMILES string of the molecule is CCCC(CNC)COc1ccc(N)cc1. The molecule has 1 unspecified atom stereocenters. The van der Waals surface area contributed by atoms with Crippen molar-refractivity contribution in [2.75, 3.05) is 25.9 Å². The molecule has 1 rings (SSSR count). The predicted octanol–water partition coefficient (Wildman–Crippen LogP) is 2.28. The van der Waals surface area contributed by atoms with Gasteiger partial charge in [0.15, 0.2) is 0 Å². The maximum atomic E-state index is 5.73. The van der Waals surface area contributed by atoms with E-state index in [1.54, 1.807) is 0 Å². The van der Waals surface area contributed by atoms with Gasteiger partial charge in [-0.05, 0) is 37.7 Å². The molecule has 3 nitrogen and oxygen atoms in total. The highest BCUT2D eigenvalue weighted by Crippen LogP contribution is 2.15. The van der Waals surface area contributed by atoms with E-state index in [1.807, 2.05) is 31.3 Å². The zero-order valence-corrected chi connectivity index (χ0v) is 10.2. The van der Waals surface area contributed by atoms with Crippen molar-refractivity contribution in [3.63, 3.8) is 0 Å². The van der Waals surface area contributed by atoms with Gasteiger partial charge in [0.1, 0.15) is 5.75 Å². The van der Waals surface area contributed by atoms with Crippen molar-refractivity contribution in [1.82, 2.24) is 5.32 Å². The Balaban J connectivity index is 2.38. The van der Waals surface area contributed by atoms with Gasteiger partial charge in [0.2, 0.25) is 0 Å². The van der Waals surface area contributed by atoms with Gasteiger partial charge in [0.05, 0.1) is 6.61 Å². The van der Waals surface area contributed by atoms with E-state index >= 15 is 0 Å². The van der Waals surface area contributed by atoms with Gasteiger partial charge >= 0.3 is 0 Å². The van der Waals surface area contributed by atoms with Crippen molar-refractivity contribution in [2.24, 2.45) is 5.92 Å². The molecule has 0 saturated carbocycles. The first kappa shape index (κ1) is 12.8. The summed E-state index contributed by atoms with van der Waals surface area (Å²) in [4.78, 5) is 0. The fourth-order valence-electron chi connectivity index (χ4n) is 1.72. The average Bonchev–Trinajstić information content (AvgIpc) is 2.29. The number of rotatable bonds is 7. The molecule has 0 aromatic heterocycles. The molecule has 0 fully saturated rings. The lowest BCUT2D eigenvalue weighted by Gasteiger charge is -2.16. The number of anilines is 1. The Bertz CT molecular complexity index is 278. The van der Waals surface area contributed by atoms with Crippen molar-refractivity contribution in [3.8, 4) is 5.75 Å². The Morgan fingerprint density at radius 2 is 2.00 bits per heavy atom. The first-order valence-electron chi connectivity index (χ1n) is 5.89. The lowest BCUT2D eigenvalue weighted by molar-refractivity contribution is 0.237. The van der Waals surface area contributed by atoms with Crippen LogP contribution in [0.4, 0.5) is 5.69 Å². The molecule has 0 saturated heterocycles. The Morgan fingerprint density at radius 3 is 2.56 bits per heavy atom. The number of ether oxygens (including phenoxy) is 1. The minimum absolute atomic E-state index is 0.576. The standard InChI is InChI=1S/C13H22N2O/c1-3-4-11(9-15-2)10-16-13-7-5-12(14)6-8-13/h5-8,11,15H,3-4,9-10,14H2,1-2H3. The fourth-order valence-corrected chi connectivity index (χ4v) is 1.72. The Kier molecular flexibility index (Phi) is 5.72. The zero-order valence-electron chi connectivity index (χ0n) is 10.2. The topological polar surface area (TPSA) is 47.3 Å². The molecule has 1 aromatic carbocycles. The monoisotopic (exact) mass is 222 g/mol. The van der Waals surface area contributed by atoms with Crippen LogP contribution in [0.2, 0.25) is 0 Å². The van der Waals surface area contributed by atoms with Crippen molar-refractivity contribution in [1.29, 1.82) is 0 Å². The number of hydrogen-bond donors (Lipinski definition) is 2. The number of benzene rings is 1. The molecular formula is C13H22N2O. The van der Waals surface area contributed by atoms with E-state index in [2.05, 4.69) is 12.2 Å². The molecule has 1 aromatic rings. The van der Waals surface area contributed by atoms with Crippen LogP contribution in [-0.4, -0.2) is 20.2 Å². The molecule has 3 N–H and O–H groups in total. The molecule has 0 spiro atoms. The fraction of sp³-hybridized carbons (Fsp3) is 0.538. The van der Waals surface area contributed by atoms with Crippen molar-refractivity contribution in [2.45, 2.75) is 19.8 Å². The van der Waals surface area contributed by atoms with E-state index in [0.717, 1.165) is 24.6 Å². The van der Waals surface area contributed by atoms with E-state index in [-0.39, 0.29) is 0 Å². The highest BCUT2D eigenvalue weighted by atomic mass is 16.5. The largest absolute Gasteiger partial charge is 0.493 e. The zero-order chi connectivity index (χ0) is 11.8. The second kappa shape index (κ2) is 7.12. The molecule has 0 aliphatic rings. The van der Waals surface area contributed by atoms with E-state index in [9.17, 15) is 0 Å². The van der Waals surface area contributed by atoms with E-state index in [4.69, 9.17) is 10.5 Å². The Morgan fingerprint density at radius 1 is 1.31 bits per heavy atom. The first-order valence-corrected chi connectivity index (χ1v) is 5.89. The summed E-state index contributed by atoms with van der Waals surface area (Å²) in [6.07, 6.45) is 2.38. The minimum atomic E-state index is 0.576. The maximum Gasteiger partial charge on any atom is 0.119 e. The van der Waals surface area contributed by atoms with Crippen LogP contribution >= 0.6 is 0 Å². The summed E-state index contributed by atoms with van der Waals surface area (Å²) in [7, 11) is 1.98. The number of nitrogens with two attached hydrogens (primary N) is 1. The highest BCUT2D eigenvalue weighted by molar-refractivity contribution is 5.41. The van der Waals surface area contributed by atoms with Crippen molar-refractivity contribution < 1.29 is 4.74 Å². The van der Waals surface area contributed by atoms with Crippen molar-refractivity contribution in [3.05, 3.63) is 24.3 Å². The lowest BCUT2D eigenvalue weighted by atomic mass is 10.1. The van der Waals surface area contributed by atoms with E-state index in [0.29, 0.717) is 5.92 Å². The third-order valence-electron chi connectivity index (χ3n) is 2.56. The highest BCUT2D eigenvalue weighted by Gasteiger charge is 2.07. The molecule has 90 valence electrons. The quantitative estimate of drug-likeness (QED) is 0.696. The molecule has 0 aliphatic carbocycles. The molecule has 16 heavy (non-hydrogen) atoms. The van der Waals surface area contributed by atoms with Crippen LogP contribution in [0.15, 0.2) is 24.3 Å². The molecule has 3 heteroatoms. The second-order valence-electron chi connectivity index (χ2n) is 4.09. The normalized spacial score (nSPS) is 12.4. The summed E-state index contributed by atoms with van der Waals surface area (Å²) in [5.41, 5.74) is 6.38. The second-order valence-corrected chi connectivity index (χ2v) is 4.09. The smallest absolute Gasteiger partial charge is 0.119 e. The van der Waals surface area contributed by atoms with Crippen LogP contribution in [0.5, 0.6) is 5.75 Å². The van der Waals surface area contributed by atoms with Crippen LogP contribution in [0.25, 0.3) is 0 Å². The third-order valence-corrected chi connectivity index (χ3v) is 2.56. The lowest BCUT2D eigenvalue weighted by Crippen LogP contribution is -2.24. The number of hydrogen-bond acceptors (Lipinski definition) is 3.